The third-order valence-corrected chi connectivity index (χ3v) is 5.78. The standard InChI is InChI=1S/C23H26N8O2/c1-15(2)33-23(32)29-8-6-17(12-29)22-26-11-20-21(25-7-9-30(20)22)28-19-5-4-18(10-16(19)3)31-14-24-13-27-31/h4-5,7,9-11,13-15,17H,6,8,12H2,1-3H3,(H,25,28). The van der Waals surface area contributed by atoms with Gasteiger partial charge in [-0.15, -0.1) is 0 Å². The highest BCUT2D eigenvalue weighted by Crippen LogP contribution is 2.30. The molecule has 0 aliphatic carbocycles. The Morgan fingerprint density at radius 1 is 1.27 bits per heavy atom. The molecule has 10 nitrogen and oxygen atoms in total. The minimum Gasteiger partial charge on any atom is -0.447 e. The number of aryl methyl sites for hydroxylation is 1. The Morgan fingerprint density at radius 2 is 2.15 bits per heavy atom. The Morgan fingerprint density at radius 3 is 2.91 bits per heavy atom. The van der Waals surface area contributed by atoms with E-state index >= 15 is 0 Å². The molecular weight excluding hydrogens is 420 g/mol. The van der Waals surface area contributed by atoms with Gasteiger partial charge in [0, 0.05) is 37.1 Å². The van der Waals surface area contributed by atoms with Crippen molar-refractivity contribution in [2.75, 3.05) is 18.4 Å². The maximum Gasteiger partial charge on any atom is 0.410 e. The number of hydrogen-bond acceptors (Lipinski definition) is 7. The van der Waals surface area contributed by atoms with E-state index in [0.29, 0.717) is 13.1 Å². The first-order valence-electron chi connectivity index (χ1n) is 11.0. The number of nitrogens with zero attached hydrogens (tertiary/aromatic N) is 7. The van der Waals surface area contributed by atoms with Crippen molar-refractivity contribution in [2.45, 2.75) is 39.2 Å². The van der Waals surface area contributed by atoms with Crippen molar-refractivity contribution in [3.63, 3.8) is 0 Å². The Kier molecular flexibility index (Phi) is 5.41. The molecule has 1 atom stereocenters. The normalized spacial score (nSPS) is 16.0. The number of amides is 1. The van der Waals surface area contributed by atoms with Gasteiger partial charge in [0.05, 0.1) is 18.0 Å². The molecule has 1 amide bonds. The highest BCUT2D eigenvalue weighted by molar-refractivity contribution is 5.75. The molecule has 4 heterocycles. The van der Waals surface area contributed by atoms with Crippen molar-refractivity contribution in [1.29, 1.82) is 0 Å². The van der Waals surface area contributed by atoms with Gasteiger partial charge in [0.15, 0.2) is 5.82 Å². The summed E-state index contributed by atoms with van der Waals surface area (Å²) in [6.45, 7) is 7.02. The van der Waals surface area contributed by atoms with Crippen molar-refractivity contribution < 1.29 is 9.53 Å². The lowest BCUT2D eigenvalue weighted by atomic mass is 10.1. The van der Waals surface area contributed by atoms with Gasteiger partial charge in [0.1, 0.15) is 24.0 Å². The summed E-state index contributed by atoms with van der Waals surface area (Å²) in [5, 5.41) is 7.62. The van der Waals surface area contributed by atoms with Gasteiger partial charge < -0.3 is 15.0 Å². The van der Waals surface area contributed by atoms with Crippen LogP contribution in [-0.4, -0.2) is 59.3 Å². The lowest BCUT2D eigenvalue weighted by molar-refractivity contribution is 0.0832. The van der Waals surface area contributed by atoms with E-state index in [2.05, 4.69) is 24.8 Å². The topological polar surface area (TPSA) is 102 Å². The summed E-state index contributed by atoms with van der Waals surface area (Å²) >= 11 is 0. The Hall–Kier alpha value is -3.95. The predicted molar refractivity (Wildman–Crippen MR) is 123 cm³/mol. The van der Waals surface area contributed by atoms with Gasteiger partial charge in [-0.25, -0.2) is 24.4 Å². The number of fused-ring (bicyclic) bond motifs is 1. The summed E-state index contributed by atoms with van der Waals surface area (Å²) < 4.78 is 9.12. The van der Waals surface area contributed by atoms with E-state index in [1.807, 2.05) is 51.4 Å². The van der Waals surface area contributed by atoms with Crippen molar-refractivity contribution in [1.82, 2.24) is 34.0 Å². The molecule has 0 spiro atoms. The zero-order chi connectivity index (χ0) is 22.9. The maximum atomic E-state index is 12.3. The van der Waals surface area contributed by atoms with E-state index in [1.54, 1.807) is 22.1 Å². The molecule has 0 radical (unpaired) electrons. The zero-order valence-corrected chi connectivity index (χ0v) is 18.8. The number of imidazole rings is 1. The molecule has 0 saturated carbocycles. The van der Waals surface area contributed by atoms with E-state index in [4.69, 9.17) is 9.72 Å². The molecule has 5 rings (SSSR count). The molecular formula is C23H26N8O2. The van der Waals surface area contributed by atoms with Crippen LogP contribution < -0.4 is 5.32 Å². The maximum absolute atomic E-state index is 12.3. The molecule has 0 bridgehead atoms. The highest BCUT2D eigenvalue weighted by Gasteiger charge is 2.31. The highest BCUT2D eigenvalue weighted by atomic mass is 16.6. The minimum absolute atomic E-state index is 0.128. The molecule has 3 aromatic heterocycles. The van der Waals surface area contributed by atoms with Crippen LogP contribution in [0.4, 0.5) is 16.3 Å². The fourth-order valence-corrected chi connectivity index (χ4v) is 4.16. The minimum atomic E-state index is -0.262. The van der Waals surface area contributed by atoms with Crippen molar-refractivity contribution in [3.8, 4) is 5.69 Å². The number of likely N-dealkylation sites (tertiary alicyclic amines) is 1. The molecule has 1 fully saturated rings. The predicted octanol–water partition coefficient (Wildman–Crippen LogP) is 3.70. The summed E-state index contributed by atoms with van der Waals surface area (Å²) in [5.41, 5.74) is 3.83. The Labute approximate surface area is 191 Å². The summed E-state index contributed by atoms with van der Waals surface area (Å²) in [7, 11) is 0. The molecule has 170 valence electrons. The first-order chi connectivity index (χ1) is 16.0. The van der Waals surface area contributed by atoms with Crippen LogP contribution >= 0.6 is 0 Å². The molecule has 1 aliphatic rings. The number of ether oxygens (including phenoxy) is 1. The van der Waals surface area contributed by atoms with E-state index in [-0.39, 0.29) is 18.1 Å². The van der Waals surface area contributed by atoms with Gasteiger partial charge in [0.2, 0.25) is 0 Å². The molecule has 1 aromatic carbocycles. The number of anilines is 2. The molecule has 1 N–H and O–H groups in total. The van der Waals surface area contributed by atoms with Crippen LogP contribution in [-0.2, 0) is 4.74 Å². The lowest BCUT2D eigenvalue weighted by Gasteiger charge is -2.18. The zero-order valence-electron chi connectivity index (χ0n) is 18.8. The first kappa shape index (κ1) is 20.9. The molecule has 4 aromatic rings. The summed E-state index contributed by atoms with van der Waals surface area (Å²) in [4.78, 5) is 27.3. The fourth-order valence-electron chi connectivity index (χ4n) is 4.16. The van der Waals surface area contributed by atoms with Crippen molar-refractivity contribution in [2.24, 2.45) is 0 Å². The Balaban J connectivity index is 1.37. The van der Waals surface area contributed by atoms with Crippen LogP contribution in [0.25, 0.3) is 11.2 Å². The lowest BCUT2D eigenvalue weighted by Crippen LogP contribution is -2.31. The molecule has 10 heteroatoms. The van der Waals surface area contributed by atoms with E-state index in [1.165, 1.54) is 6.33 Å². The second-order valence-corrected chi connectivity index (χ2v) is 8.48. The largest absolute Gasteiger partial charge is 0.447 e. The van der Waals surface area contributed by atoms with E-state index < -0.39 is 0 Å². The van der Waals surface area contributed by atoms with Crippen LogP contribution in [0.1, 0.15) is 37.6 Å². The van der Waals surface area contributed by atoms with Gasteiger partial charge in [0.25, 0.3) is 0 Å². The van der Waals surface area contributed by atoms with Gasteiger partial charge in [-0.3, -0.25) is 4.40 Å². The number of rotatable bonds is 5. The quantitative estimate of drug-likeness (QED) is 0.499. The number of carbonyl (C=O) groups is 1. The van der Waals surface area contributed by atoms with Crippen LogP contribution in [0.15, 0.2) is 49.4 Å². The second kappa shape index (κ2) is 8.53. The van der Waals surface area contributed by atoms with E-state index in [9.17, 15) is 4.79 Å². The summed E-state index contributed by atoms with van der Waals surface area (Å²) in [6, 6.07) is 6.03. The van der Waals surface area contributed by atoms with Crippen LogP contribution in [0.2, 0.25) is 0 Å². The third-order valence-electron chi connectivity index (χ3n) is 5.78. The molecule has 1 aliphatic heterocycles. The van der Waals surface area contributed by atoms with Crippen LogP contribution in [0.3, 0.4) is 0 Å². The van der Waals surface area contributed by atoms with Crippen LogP contribution in [0.5, 0.6) is 0 Å². The van der Waals surface area contributed by atoms with Gasteiger partial charge in [-0.2, -0.15) is 5.10 Å². The fraction of sp³-hybridized carbons (Fsp3) is 0.348. The number of hydrogen-bond donors (Lipinski definition) is 1. The van der Waals surface area contributed by atoms with Crippen LogP contribution in [0, 0.1) is 6.92 Å². The second-order valence-electron chi connectivity index (χ2n) is 8.48. The molecule has 1 saturated heterocycles. The average Bonchev–Trinajstić information content (AvgIpc) is 3.55. The van der Waals surface area contributed by atoms with Gasteiger partial charge in [-0.05, 0) is 51.0 Å². The third kappa shape index (κ3) is 4.11. The SMILES string of the molecule is Cc1cc(-n2cncn2)ccc1Nc1nccn2c(C3CCN(C(=O)OC(C)C)C3)ncc12. The molecule has 1 unspecified atom stereocenters. The number of nitrogens with one attached hydrogen (secondary N) is 1. The number of benzene rings is 1. The van der Waals surface area contributed by atoms with Gasteiger partial charge in [-0.1, -0.05) is 0 Å². The summed E-state index contributed by atoms with van der Waals surface area (Å²) in [6.07, 6.45) is 9.15. The summed E-state index contributed by atoms with van der Waals surface area (Å²) in [5.74, 6) is 1.79. The Bertz CT molecular complexity index is 1280. The average molecular weight is 447 g/mol. The van der Waals surface area contributed by atoms with E-state index in [0.717, 1.165) is 40.5 Å². The van der Waals surface area contributed by atoms with Crippen molar-refractivity contribution in [3.05, 3.63) is 60.8 Å². The number of carbonyl (C=O) groups excluding carboxylic acids is 1. The number of aromatic nitrogens is 6. The van der Waals surface area contributed by atoms with Crippen molar-refractivity contribution >= 4 is 23.1 Å². The van der Waals surface area contributed by atoms with Gasteiger partial charge >= 0.3 is 6.09 Å². The monoisotopic (exact) mass is 446 g/mol. The first-order valence-corrected chi connectivity index (χ1v) is 11.0. The smallest absolute Gasteiger partial charge is 0.410 e. The molecule has 33 heavy (non-hydrogen) atoms.